The van der Waals surface area contributed by atoms with Crippen molar-refractivity contribution >= 4 is 46.4 Å². The largest absolute Gasteiger partial charge is 0.506 e. The molecular formula is C31H32ClN5O4. The van der Waals surface area contributed by atoms with Crippen LogP contribution < -0.4 is 10.6 Å². The fraction of sp³-hybridized carbons (Fsp3) is 0.290. The quantitative estimate of drug-likeness (QED) is 0.325. The van der Waals surface area contributed by atoms with Crippen LogP contribution in [0.4, 0.5) is 11.5 Å². The van der Waals surface area contributed by atoms with Crippen molar-refractivity contribution in [1.82, 2.24) is 14.8 Å². The van der Waals surface area contributed by atoms with Gasteiger partial charge in [-0.3, -0.25) is 14.4 Å². The molecule has 3 aromatic rings. The first-order valence-corrected chi connectivity index (χ1v) is 14.2. The van der Waals surface area contributed by atoms with Crippen molar-refractivity contribution in [2.45, 2.75) is 25.7 Å². The Hall–Kier alpha value is -4.21. The molecule has 3 heterocycles. The average Bonchev–Trinajstić information content (AvgIpc) is 2.99. The second kappa shape index (κ2) is 13.0. The first-order chi connectivity index (χ1) is 19.9. The van der Waals surface area contributed by atoms with Crippen LogP contribution in [0.1, 0.15) is 52.0 Å². The van der Waals surface area contributed by atoms with Crippen LogP contribution >= 0.6 is 11.6 Å². The second-order valence-electron chi connectivity index (χ2n) is 10.1. The van der Waals surface area contributed by atoms with Crippen molar-refractivity contribution in [1.29, 1.82) is 0 Å². The van der Waals surface area contributed by atoms with Gasteiger partial charge in [0.05, 0.1) is 16.3 Å². The highest BCUT2D eigenvalue weighted by Crippen LogP contribution is 2.29. The summed E-state index contributed by atoms with van der Waals surface area (Å²) in [6.45, 7) is 4.50. The van der Waals surface area contributed by atoms with E-state index < -0.39 is 11.8 Å². The summed E-state index contributed by atoms with van der Waals surface area (Å²) >= 11 is 5.85. The number of aromatic nitrogens is 1. The number of piperidine rings is 1. The first kappa shape index (κ1) is 28.3. The summed E-state index contributed by atoms with van der Waals surface area (Å²) in [5.74, 6) is -1.05. The molecule has 41 heavy (non-hydrogen) atoms. The number of pyridine rings is 1. The number of nitrogens with one attached hydrogen (secondary N) is 2. The van der Waals surface area contributed by atoms with E-state index >= 15 is 0 Å². The SMILES string of the molecule is O=C(Nc1c(O)cccc1C(=O)Nc1ccc(Cl)cn1)c1ccc(C2=CCCN(CCN3CCCCC3)C2=O)cc1. The number of amides is 3. The molecule has 2 aliphatic heterocycles. The van der Waals surface area contributed by atoms with Gasteiger partial charge in [-0.2, -0.15) is 0 Å². The molecule has 1 fully saturated rings. The summed E-state index contributed by atoms with van der Waals surface area (Å²) in [6, 6.07) is 14.3. The van der Waals surface area contributed by atoms with Crippen molar-refractivity contribution in [2.24, 2.45) is 0 Å². The van der Waals surface area contributed by atoms with Gasteiger partial charge in [0.15, 0.2) is 0 Å². The lowest BCUT2D eigenvalue weighted by atomic mass is 9.98. The highest BCUT2D eigenvalue weighted by Gasteiger charge is 2.24. The number of nitrogens with zero attached hydrogens (tertiary/aromatic N) is 3. The summed E-state index contributed by atoms with van der Waals surface area (Å²) in [4.78, 5) is 47.6. The Morgan fingerprint density at radius 1 is 0.902 bits per heavy atom. The Morgan fingerprint density at radius 3 is 2.41 bits per heavy atom. The van der Waals surface area contributed by atoms with Gasteiger partial charge in [0.2, 0.25) is 0 Å². The molecule has 2 aromatic carbocycles. The number of phenols is 1. The summed E-state index contributed by atoms with van der Waals surface area (Å²) in [5.41, 5.74) is 1.73. The molecule has 3 N–H and O–H groups in total. The number of phenolic OH excluding ortho intramolecular Hbond substituents is 1. The minimum atomic E-state index is -0.561. The Bertz CT molecular complexity index is 1450. The molecule has 0 unspecified atom stereocenters. The van der Waals surface area contributed by atoms with Gasteiger partial charge in [-0.15, -0.1) is 0 Å². The molecule has 0 atom stereocenters. The van der Waals surface area contributed by atoms with Crippen LogP contribution in [0.15, 0.2) is 66.9 Å². The third kappa shape index (κ3) is 6.93. The van der Waals surface area contributed by atoms with Crippen LogP contribution in [-0.2, 0) is 4.79 Å². The normalized spacial score (nSPS) is 15.8. The fourth-order valence-electron chi connectivity index (χ4n) is 5.10. The second-order valence-corrected chi connectivity index (χ2v) is 10.6. The van der Waals surface area contributed by atoms with Crippen LogP contribution in [0.5, 0.6) is 5.75 Å². The van der Waals surface area contributed by atoms with Crippen molar-refractivity contribution in [3.63, 3.8) is 0 Å². The average molecular weight is 574 g/mol. The van der Waals surface area contributed by atoms with Crippen LogP contribution in [-0.4, -0.2) is 70.3 Å². The van der Waals surface area contributed by atoms with Crippen molar-refractivity contribution in [3.8, 4) is 5.75 Å². The zero-order valence-electron chi connectivity index (χ0n) is 22.6. The van der Waals surface area contributed by atoms with Gasteiger partial charge < -0.3 is 25.5 Å². The van der Waals surface area contributed by atoms with Crippen LogP contribution in [0.3, 0.4) is 0 Å². The highest BCUT2D eigenvalue weighted by atomic mass is 35.5. The smallest absolute Gasteiger partial charge is 0.259 e. The lowest BCUT2D eigenvalue weighted by molar-refractivity contribution is -0.125. The maximum Gasteiger partial charge on any atom is 0.259 e. The molecule has 3 amide bonds. The third-order valence-electron chi connectivity index (χ3n) is 7.35. The fourth-order valence-corrected chi connectivity index (χ4v) is 5.22. The van der Waals surface area contributed by atoms with E-state index in [1.54, 1.807) is 36.4 Å². The number of aromatic hydroxyl groups is 1. The Labute approximate surface area is 243 Å². The van der Waals surface area contributed by atoms with Crippen molar-refractivity contribution in [3.05, 3.63) is 88.6 Å². The van der Waals surface area contributed by atoms with Gasteiger partial charge >= 0.3 is 0 Å². The molecular weight excluding hydrogens is 542 g/mol. The highest BCUT2D eigenvalue weighted by molar-refractivity contribution is 6.30. The molecule has 1 aromatic heterocycles. The van der Waals surface area contributed by atoms with E-state index in [2.05, 4.69) is 20.5 Å². The summed E-state index contributed by atoms with van der Waals surface area (Å²) in [7, 11) is 0. The molecule has 1 saturated heterocycles. The molecule has 10 heteroatoms. The van der Waals surface area contributed by atoms with E-state index in [0.29, 0.717) is 29.2 Å². The van der Waals surface area contributed by atoms with E-state index in [0.717, 1.165) is 31.6 Å². The van der Waals surface area contributed by atoms with Gasteiger partial charge in [0.25, 0.3) is 17.7 Å². The predicted octanol–water partition coefficient (Wildman–Crippen LogP) is 5.05. The monoisotopic (exact) mass is 573 g/mol. The minimum Gasteiger partial charge on any atom is -0.506 e. The van der Waals surface area contributed by atoms with Gasteiger partial charge in [0.1, 0.15) is 11.6 Å². The molecule has 0 bridgehead atoms. The molecule has 0 radical (unpaired) electrons. The van der Waals surface area contributed by atoms with Crippen molar-refractivity contribution < 1.29 is 19.5 Å². The molecule has 0 aliphatic carbocycles. The Morgan fingerprint density at radius 2 is 1.68 bits per heavy atom. The molecule has 212 valence electrons. The maximum absolute atomic E-state index is 13.2. The zero-order chi connectivity index (χ0) is 28.8. The van der Waals surface area contributed by atoms with Crippen LogP contribution in [0, 0.1) is 0 Å². The number of hydrogen-bond acceptors (Lipinski definition) is 6. The lowest BCUT2D eigenvalue weighted by Crippen LogP contribution is -2.42. The van der Waals surface area contributed by atoms with E-state index in [4.69, 9.17) is 11.6 Å². The number of hydrogen-bond donors (Lipinski definition) is 3. The van der Waals surface area contributed by atoms with Gasteiger partial charge in [-0.05, 0) is 74.3 Å². The van der Waals surface area contributed by atoms with E-state index in [-0.39, 0.29) is 28.7 Å². The first-order valence-electron chi connectivity index (χ1n) is 13.8. The number of rotatable bonds is 8. The standard InChI is InChI=1S/C31H32ClN5O4/c32-23-13-14-27(33-20-23)34-30(40)25-6-4-8-26(38)28(25)35-29(39)22-11-9-21(10-12-22)24-7-5-17-37(31(24)41)19-18-36-15-2-1-3-16-36/h4,6-14,20,38H,1-3,5,15-19H2,(H,35,39)(H,33,34,40). The number of likely N-dealkylation sites (tertiary alicyclic amines) is 1. The summed E-state index contributed by atoms with van der Waals surface area (Å²) in [6.07, 6.45) is 7.86. The molecule has 0 spiro atoms. The topological polar surface area (TPSA) is 115 Å². The van der Waals surface area contributed by atoms with Crippen molar-refractivity contribution in [2.75, 3.05) is 43.4 Å². The summed E-state index contributed by atoms with van der Waals surface area (Å²) < 4.78 is 0. The van der Waals surface area contributed by atoms with Gasteiger partial charge in [-0.25, -0.2) is 4.98 Å². The number of halogens is 1. The summed E-state index contributed by atoms with van der Waals surface area (Å²) in [5, 5.41) is 16.2. The number of carbonyl (C=O) groups excluding carboxylic acids is 3. The molecule has 2 aliphatic rings. The number of carbonyl (C=O) groups is 3. The van der Waals surface area contributed by atoms with E-state index in [1.807, 2.05) is 11.0 Å². The van der Waals surface area contributed by atoms with Crippen LogP contribution in [0.25, 0.3) is 5.57 Å². The van der Waals surface area contributed by atoms with E-state index in [1.165, 1.54) is 43.7 Å². The van der Waals surface area contributed by atoms with Gasteiger partial charge in [0, 0.05) is 37.0 Å². The molecule has 9 nitrogen and oxygen atoms in total. The van der Waals surface area contributed by atoms with Crippen LogP contribution in [0.2, 0.25) is 5.02 Å². The molecule has 0 saturated carbocycles. The van der Waals surface area contributed by atoms with Gasteiger partial charge in [-0.1, -0.05) is 42.3 Å². The Kier molecular flexibility index (Phi) is 8.96. The third-order valence-corrected chi connectivity index (χ3v) is 7.58. The molecule has 5 rings (SSSR count). The predicted molar refractivity (Wildman–Crippen MR) is 159 cm³/mol. The maximum atomic E-state index is 13.2. The minimum absolute atomic E-state index is 0.00509. The lowest BCUT2D eigenvalue weighted by Gasteiger charge is -2.32. The zero-order valence-corrected chi connectivity index (χ0v) is 23.4. The Balaban J connectivity index is 1.24. The number of anilines is 2. The number of para-hydroxylation sites is 1. The van der Waals surface area contributed by atoms with E-state index in [9.17, 15) is 19.5 Å². The number of benzene rings is 2.